The van der Waals surface area contributed by atoms with E-state index in [0.717, 1.165) is 5.92 Å². The quantitative estimate of drug-likeness (QED) is 0.587. The van der Waals surface area contributed by atoms with E-state index in [1.165, 1.54) is 32.1 Å². The molecular formula is C12H26Ar2. The Morgan fingerprint density at radius 1 is 0.786 bits per heavy atom. The molecular weight excluding hydrogens is 224 g/mol. The van der Waals surface area contributed by atoms with Gasteiger partial charge in [-0.25, -0.2) is 0 Å². The monoisotopic (exact) mass is 250 g/mol. The summed E-state index contributed by atoms with van der Waals surface area (Å²) in [5.41, 5.74) is 0.570. The first kappa shape index (κ1) is 21.8. The summed E-state index contributed by atoms with van der Waals surface area (Å²) >= 11 is 0. The van der Waals surface area contributed by atoms with Crippen LogP contribution in [-0.2, 0) is 0 Å². The van der Waals surface area contributed by atoms with Crippen molar-refractivity contribution in [3.05, 3.63) is 0 Å². The van der Waals surface area contributed by atoms with E-state index in [-0.39, 0.29) is 75.5 Å². The van der Waals surface area contributed by atoms with Crippen molar-refractivity contribution in [3.63, 3.8) is 0 Å². The van der Waals surface area contributed by atoms with Gasteiger partial charge in [-0.2, -0.15) is 0 Å². The Hall–Kier alpha value is 2.52. The second-order valence-electron chi connectivity index (χ2n) is 4.70. The zero-order valence-corrected chi connectivity index (χ0v) is 11.7. The van der Waals surface area contributed by atoms with Gasteiger partial charge in [0.2, 0.25) is 0 Å². The van der Waals surface area contributed by atoms with E-state index in [0.29, 0.717) is 5.41 Å². The standard InChI is InChI=1S/C10H20.C2H6.2Ar/c1-10(2,3)9-7-5-4-6-8-9;1-2;;/h9H,4-8H2,1-3H3;1-2H3;;. The summed E-state index contributed by atoms with van der Waals surface area (Å²) in [7, 11) is 0. The van der Waals surface area contributed by atoms with Crippen LogP contribution in [0.2, 0.25) is 0 Å². The Morgan fingerprint density at radius 2 is 1.14 bits per heavy atom. The van der Waals surface area contributed by atoms with E-state index in [2.05, 4.69) is 20.8 Å². The molecule has 90 valence electrons. The average Bonchev–Trinajstić information content (AvgIpc) is 2.08. The minimum atomic E-state index is 0. The van der Waals surface area contributed by atoms with Gasteiger partial charge in [-0.3, -0.25) is 0 Å². The second-order valence-corrected chi connectivity index (χ2v) is 4.70. The molecule has 1 aliphatic carbocycles. The van der Waals surface area contributed by atoms with E-state index in [1.807, 2.05) is 13.8 Å². The molecule has 0 radical (unpaired) electrons. The van der Waals surface area contributed by atoms with Crippen LogP contribution < -0.4 is 0 Å². The summed E-state index contributed by atoms with van der Waals surface area (Å²) in [6.45, 7) is 11.1. The summed E-state index contributed by atoms with van der Waals surface area (Å²) in [6, 6.07) is 0. The third kappa shape index (κ3) is 9.72. The van der Waals surface area contributed by atoms with Crippen molar-refractivity contribution in [1.29, 1.82) is 0 Å². The molecule has 0 nitrogen and oxygen atoms in total. The number of hydrogen-bond acceptors (Lipinski definition) is 0. The molecule has 0 aliphatic heterocycles. The fourth-order valence-electron chi connectivity index (χ4n) is 1.97. The van der Waals surface area contributed by atoms with Gasteiger partial charge in [0.1, 0.15) is 0 Å². The maximum absolute atomic E-state index is 2.38. The van der Waals surface area contributed by atoms with Gasteiger partial charge in [0, 0.05) is 75.5 Å². The molecule has 0 unspecified atom stereocenters. The Balaban J connectivity index is -0.000000284. The van der Waals surface area contributed by atoms with E-state index in [4.69, 9.17) is 0 Å². The van der Waals surface area contributed by atoms with Crippen molar-refractivity contribution in [2.45, 2.75) is 66.7 Å². The van der Waals surface area contributed by atoms with E-state index < -0.39 is 0 Å². The van der Waals surface area contributed by atoms with Crippen LogP contribution in [0.3, 0.4) is 0 Å². The summed E-state index contributed by atoms with van der Waals surface area (Å²) in [6.07, 6.45) is 7.38. The zero-order valence-electron chi connectivity index (χ0n) is 10.3. The molecule has 1 aliphatic rings. The molecule has 1 saturated carbocycles. The van der Waals surface area contributed by atoms with Gasteiger partial charge in [-0.1, -0.05) is 53.9 Å². The van der Waals surface area contributed by atoms with Gasteiger partial charge in [-0.15, -0.1) is 0 Å². The van der Waals surface area contributed by atoms with Crippen molar-refractivity contribution in [2.24, 2.45) is 11.3 Å². The van der Waals surface area contributed by atoms with Crippen LogP contribution in [0.5, 0.6) is 0 Å². The van der Waals surface area contributed by atoms with Crippen LogP contribution in [0.25, 0.3) is 0 Å². The first-order valence-electron chi connectivity index (χ1n) is 5.61. The van der Waals surface area contributed by atoms with Gasteiger partial charge in [0.15, 0.2) is 0 Å². The van der Waals surface area contributed by atoms with Gasteiger partial charge < -0.3 is 0 Å². The van der Waals surface area contributed by atoms with Crippen LogP contribution in [0, 0.1) is 86.8 Å². The summed E-state index contributed by atoms with van der Waals surface area (Å²) in [5.74, 6) is 1.00. The predicted molar refractivity (Wildman–Crippen MR) is 57.4 cm³/mol. The summed E-state index contributed by atoms with van der Waals surface area (Å²) < 4.78 is 0. The normalized spacial score (nSPS) is 16.9. The Bertz CT molecular complexity index is 99.4. The summed E-state index contributed by atoms with van der Waals surface area (Å²) in [5, 5.41) is 0. The molecule has 0 spiro atoms. The van der Waals surface area contributed by atoms with Crippen molar-refractivity contribution >= 4 is 0 Å². The summed E-state index contributed by atoms with van der Waals surface area (Å²) in [4.78, 5) is 0. The molecule has 0 saturated heterocycles. The van der Waals surface area contributed by atoms with Gasteiger partial charge >= 0.3 is 0 Å². The molecule has 14 heavy (non-hydrogen) atoms. The minimum absolute atomic E-state index is 0. The van der Waals surface area contributed by atoms with Crippen LogP contribution in [-0.4, -0.2) is 0 Å². The van der Waals surface area contributed by atoms with E-state index in [9.17, 15) is 0 Å². The average molecular weight is 250 g/mol. The third-order valence-corrected chi connectivity index (χ3v) is 2.83. The fourth-order valence-corrected chi connectivity index (χ4v) is 1.97. The van der Waals surface area contributed by atoms with Crippen molar-refractivity contribution < 1.29 is 75.5 Å². The number of hydrogen-bond donors (Lipinski definition) is 0. The minimum Gasteiger partial charge on any atom is -0.0683 e. The third-order valence-electron chi connectivity index (χ3n) is 2.83. The first-order chi connectivity index (χ1) is 5.61. The molecule has 2 heteroatoms. The molecule has 0 N–H and O–H groups in total. The maximum atomic E-state index is 2.38. The van der Waals surface area contributed by atoms with Crippen molar-refractivity contribution in [2.75, 3.05) is 0 Å². The molecule has 1 rings (SSSR count). The van der Waals surface area contributed by atoms with Gasteiger partial charge in [-0.05, 0) is 24.2 Å². The Morgan fingerprint density at radius 3 is 1.36 bits per heavy atom. The SMILES string of the molecule is CC.CC(C)(C)C1CCCCC1.[Ar].[Ar]. The maximum Gasteiger partial charge on any atom is 0 e. The first-order valence-corrected chi connectivity index (χ1v) is 5.61. The number of rotatable bonds is 0. The Labute approximate surface area is 151 Å². The van der Waals surface area contributed by atoms with Crippen LogP contribution >= 0.6 is 0 Å². The molecule has 0 amide bonds. The van der Waals surface area contributed by atoms with Gasteiger partial charge in [0.05, 0.1) is 0 Å². The van der Waals surface area contributed by atoms with Gasteiger partial charge in [0.25, 0.3) is 0 Å². The zero-order chi connectivity index (χ0) is 9.61. The Kier molecular flexibility index (Phi) is 18.6. The fraction of sp³-hybridized carbons (Fsp3) is 1.00. The van der Waals surface area contributed by atoms with E-state index >= 15 is 0 Å². The largest absolute Gasteiger partial charge is 0.0683 e. The molecule has 0 aromatic carbocycles. The molecule has 0 atom stereocenters. The predicted octanol–water partition coefficient (Wildman–Crippen LogP) is 4.64. The molecule has 0 aromatic heterocycles. The van der Waals surface area contributed by atoms with E-state index in [1.54, 1.807) is 0 Å². The topological polar surface area (TPSA) is 0 Å². The molecule has 0 bridgehead atoms. The molecule has 1 fully saturated rings. The smallest absolute Gasteiger partial charge is 0 e. The van der Waals surface area contributed by atoms with Crippen LogP contribution in [0.15, 0.2) is 0 Å². The molecule has 0 aromatic rings. The van der Waals surface area contributed by atoms with Crippen LogP contribution in [0.1, 0.15) is 66.7 Å². The van der Waals surface area contributed by atoms with Crippen molar-refractivity contribution in [1.82, 2.24) is 0 Å². The van der Waals surface area contributed by atoms with Crippen molar-refractivity contribution in [3.8, 4) is 0 Å². The second kappa shape index (κ2) is 12.0. The molecule has 0 heterocycles. The van der Waals surface area contributed by atoms with Crippen LogP contribution in [0.4, 0.5) is 0 Å².